The van der Waals surface area contributed by atoms with Crippen LogP contribution in [0.2, 0.25) is 0 Å². The molecule has 7 nitrogen and oxygen atoms in total. The maximum Gasteiger partial charge on any atom is 0.246 e. The second-order valence-corrected chi connectivity index (χ2v) is 8.53. The number of nitrogens with zero attached hydrogens (tertiary/aromatic N) is 4. The van der Waals surface area contributed by atoms with E-state index in [9.17, 15) is 4.79 Å². The van der Waals surface area contributed by atoms with Gasteiger partial charge in [0.1, 0.15) is 11.6 Å². The summed E-state index contributed by atoms with van der Waals surface area (Å²) in [4.78, 5) is 26.5. The number of benzene rings is 2. The zero-order valence-corrected chi connectivity index (χ0v) is 18.6. The minimum Gasteiger partial charge on any atom is -0.489 e. The number of aryl methyl sites for hydroxylation is 2. The molecular weight excluding hydrogens is 414 g/mol. The molecule has 4 aromatic rings. The first kappa shape index (κ1) is 21.0. The molecule has 0 spiro atoms. The van der Waals surface area contributed by atoms with Crippen LogP contribution >= 0.6 is 0 Å². The SMILES string of the molecule is Cc1ncc(OC[C@@]2(c3ccccc3)C[C@H]2C(=O)N(N)c2cc3ccccc3cn2)c(C)n1. The summed E-state index contributed by atoms with van der Waals surface area (Å²) in [5.74, 6) is 7.53. The number of hydrogen-bond acceptors (Lipinski definition) is 6. The molecule has 1 aliphatic carbocycles. The summed E-state index contributed by atoms with van der Waals surface area (Å²) >= 11 is 0. The van der Waals surface area contributed by atoms with E-state index in [0.29, 0.717) is 30.4 Å². The van der Waals surface area contributed by atoms with Crippen molar-refractivity contribution in [2.45, 2.75) is 25.7 Å². The van der Waals surface area contributed by atoms with Gasteiger partial charge in [0.2, 0.25) is 5.91 Å². The average molecular weight is 440 g/mol. The van der Waals surface area contributed by atoms with E-state index in [4.69, 9.17) is 10.6 Å². The number of hydrazine groups is 1. The van der Waals surface area contributed by atoms with E-state index in [1.54, 1.807) is 12.4 Å². The van der Waals surface area contributed by atoms with Crippen LogP contribution in [0.1, 0.15) is 23.5 Å². The van der Waals surface area contributed by atoms with E-state index in [0.717, 1.165) is 22.0 Å². The molecule has 2 atom stereocenters. The lowest BCUT2D eigenvalue weighted by Crippen LogP contribution is -2.41. The van der Waals surface area contributed by atoms with E-state index < -0.39 is 5.41 Å². The van der Waals surface area contributed by atoms with Gasteiger partial charge in [0.25, 0.3) is 0 Å². The monoisotopic (exact) mass is 439 g/mol. The number of nitrogens with two attached hydrogens (primary N) is 1. The smallest absolute Gasteiger partial charge is 0.246 e. The Morgan fingerprint density at radius 3 is 2.55 bits per heavy atom. The third kappa shape index (κ3) is 3.91. The number of rotatable bonds is 6. The Morgan fingerprint density at radius 2 is 1.79 bits per heavy atom. The molecule has 7 heteroatoms. The van der Waals surface area contributed by atoms with Crippen molar-refractivity contribution in [3.8, 4) is 5.75 Å². The van der Waals surface area contributed by atoms with Gasteiger partial charge >= 0.3 is 0 Å². The predicted octanol–water partition coefficient (Wildman–Crippen LogP) is 3.89. The van der Waals surface area contributed by atoms with Gasteiger partial charge in [0, 0.05) is 17.0 Å². The van der Waals surface area contributed by atoms with Gasteiger partial charge < -0.3 is 4.74 Å². The minimum atomic E-state index is -0.468. The van der Waals surface area contributed by atoms with Crippen LogP contribution in [-0.4, -0.2) is 27.5 Å². The number of anilines is 1. The number of amides is 1. The summed E-state index contributed by atoms with van der Waals surface area (Å²) in [7, 11) is 0. The molecule has 2 aromatic heterocycles. The van der Waals surface area contributed by atoms with Crippen LogP contribution in [0, 0.1) is 19.8 Å². The number of hydrogen-bond donors (Lipinski definition) is 1. The van der Waals surface area contributed by atoms with Crippen molar-refractivity contribution in [2.24, 2.45) is 11.8 Å². The normalized spacial score (nSPS) is 19.3. The number of ether oxygens (including phenoxy) is 1. The number of pyridine rings is 1. The summed E-state index contributed by atoms with van der Waals surface area (Å²) in [6.07, 6.45) is 4.06. The topological polar surface area (TPSA) is 94.2 Å². The van der Waals surface area contributed by atoms with Crippen molar-refractivity contribution in [1.82, 2.24) is 15.0 Å². The molecule has 0 aliphatic heterocycles. The zero-order valence-electron chi connectivity index (χ0n) is 18.6. The highest BCUT2D eigenvalue weighted by molar-refractivity contribution is 5.98. The maximum absolute atomic E-state index is 13.4. The Bertz CT molecular complexity index is 1330. The fraction of sp³-hybridized carbons (Fsp3) is 0.231. The quantitative estimate of drug-likeness (QED) is 0.278. The summed E-state index contributed by atoms with van der Waals surface area (Å²) in [5, 5.41) is 3.15. The minimum absolute atomic E-state index is 0.179. The largest absolute Gasteiger partial charge is 0.489 e. The van der Waals surface area contributed by atoms with Gasteiger partial charge in [-0.3, -0.25) is 4.79 Å². The Balaban J connectivity index is 1.40. The lowest BCUT2D eigenvalue weighted by Gasteiger charge is -2.22. The number of aromatic nitrogens is 3. The molecule has 2 N–H and O–H groups in total. The van der Waals surface area contributed by atoms with Gasteiger partial charge in [-0.25, -0.2) is 25.8 Å². The van der Waals surface area contributed by atoms with Crippen molar-refractivity contribution in [1.29, 1.82) is 0 Å². The standard InChI is InChI=1S/C26H25N5O2/c1-17-23(15-28-18(2)30-17)33-16-26(21-10-4-3-5-11-21)13-22(26)25(32)31(27)24-12-19-8-6-7-9-20(19)14-29-24/h3-12,14-15,22H,13,16,27H2,1-2H3/t22-,26+/m0/s1. The molecule has 0 saturated heterocycles. The Labute approximate surface area is 192 Å². The molecule has 0 bridgehead atoms. The first-order chi connectivity index (χ1) is 16.0. The molecule has 5 rings (SSSR count). The molecule has 1 fully saturated rings. The molecule has 2 aromatic carbocycles. The van der Waals surface area contributed by atoms with Crippen LogP contribution < -0.4 is 15.6 Å². The Hall–Kier alpha value is -3.84. The maximum atomic E-state index is 13.4. The highest BCUT2D eigenvalue weighted by Gasteiger charge is 2.61. The van der Waals surface area contributed by atoms with E-state index in [-0.39, 0.29) is 11.8 Å². The van der Waals surface area contributed by atoms with Gasteiger partial charge in [-0.2, -0.15) is 0 Å². The van der Waals surface area contributed by atoms with Gasteiger partial charge in [-0.1, -0.05) is 54.6 Å². The van der Waals surface area contributed by atoms with Gasteiger partial charge in [-0.15, -0.1) is 0 Å². The van der Waals surface area contributed by atoms with Crippen molar-refractivity contribution in [3.05, 3.63) is 90.1 Å². The molecule has 1 amide bonds. The number of carbonyl (C=O) groups excluding carboxylic acids is 1. The summed E-state index contributed by atoms with van der Waals surface area (Å²) in [6.45, 7) is 4.07. The van der Waals surface area contributed by atoms with E-state index in [1.807, 2.05) is 74.5 Å². The second-order valence-electron chi connectivity index (χ2n) is 8.53. The second kappa shape index (κ2) is 8.26. The lowest BCUT2D eigenvalue weighted by atomic mass is 9.93. The zero-order chi connectivity index (χ0) is 23.0. The van der Waals surface area contributed by atoms with Crippen molar-refractivity contribution < 1.29 is 9.53 Å². The molecule has 1 saturated carbocycles. The third-order valence-corrected chi connectivity index (χ3v) is 6.36. The van der Waals surface area contributed by atoms with Crippen molar-refractivity contribution in [2.75, 3.05) is 11.6 Å². The van der Waals surface area contributed by atoms with E-state index in [2.05, 4.69) is 15.0 Å². The fourth-order valence-corrected chi connectivity index (χ4v) is 4.37. The van der Waals surface area contributed by atoms with E-state index in [1.165, 1.54) is 5.01 Å². The molecule has 2 heterocycles. The molecule has 166 valence electrons. The Morgan fingerprint density at radius 1 is 1.06 bits per heavy atom. The molecule has 0 radical (unpaired) electrons. The van der Waals surface area contributed by atoms with Crippen molar-refractivity contribution >= 4 is 22.5 Å². The van der Waals surface area contributed by atoms with Gasteiger partial charge in [0.05, 0.1) is 24.4 Å². The number of carbonyl (C=O) groups is 1. The Kier molecular flexibility index (Phi) is 5.26. The molecule has 33 heavy (non-hydrogen) atoms. The van der Waals surface area contributed by atoms with Crippen LogP contribution in [-0.2, 0) is 10.2 Å². The van der Waals surface area contributed by atoms with E-state index >= 15 is 0 Å². The summed E-state index contributed by atoms with van der Waals surface area (Å²) in [6, 6.07) is 19.7. The van der Waals surface area contributed by atoms with Gasteiger partial charge in [-0.05, 0) is 37.3 Å². The first-order valence-electron chi connectivity index (χ1n) is 10.9. The average Bonchev–Trinajstić information content (AvgIpc) is 3.58. The van der Waals surface area contributed by atoms with Crippen molar-refractivity contribution in [3.63, 3.8) is 0 Å². The fourth-order valence-electron chi connectivity index (χ4n) is 4.37. The van der Waals surface area contributed by atoms with Crippen LogP contribution in [0.3, 0.4) is 0 Å². The lowest BCUT2D eigenvalue weighted by molar-refractivity contribution is -0.120. The third-order valence-electron chi connectivity index (χ3n) is 6.36. The highest BCUT2D eigenvalue weighted by Crippen LogP contribution is 2.55. The molecule has 1 aliphatic rings. The van der Waals surface area contributed by atoms with Crippen LogP contribution in [0.5, 0.6) is 5.75 Å². The van der Waals surface area contributed by atoms with Crippen LogP contribution in [0.25, 0.3) is 10.8 Å². The highest BCUT2D eigenvalue weighted by atomic mass is 16.5. The van der Waals surface area contributed by atoms with Crippen LogP contribution in [0.4, 0.5) is 5.82 Å². The van der Waals surface area contributed by atoms with Gasteiger partial charge in [0.15, 0.2) is 5.75 Å². The van der Waals surface area contributed by atoms with Crippen LogP contribution in [0.15, 0.2) is 73.1 Å². The molecular formula is C26H25N5O2. The summed E-state index contributed by atoms with van der Waals surface area (Å²) in [5.41, 5.74) is 1.35. The predicted molar refractivity (Wildman–Crippen MR) is 127 cm³/mol. The molecule has 0 unspecified atom stereocenters. The number of fused-ring (bicyclic) bond motifs is 1. The summed E-state index contributed by atoms with van der Waals surface area (Å²) < 4.78 is 6.14. The first-order valence-corrected chi connectivity index (χ1v) is 10.9.